The topological polar surface area (TPSA) is 88.4 Å². The van der Waals surface area contributed by atoms with E-state index in [1.807, 2.05) is 19.9 Å². The first kappa shape index (κ1) is 26.3. The maximum atomic E-state index is 14.4. The molecule has 1 saturated heterocycles. The molecule has 0 radical (unpaired) electrons. The fourth-order valence-corrected chi connectivity index (χ4v) is 7.34. The van der Waals surface area contributed by atoms with Crippen molar-refractivity contribution in [2.75, 3.05) is 18.0 Å². The van der Waals surface area contributed by atoms with E-state index in [0.29, 0.717) is 6.42 Å². The Morgan fingerprint density at radius 1 is 1.11 bits per heavy atom. The lowest BCUT2D eigenvalue weighted by atomic mass is 10.2. The van der Waals surface area contributed by atoms with Gasteiger partial charge in [-0.3, -0.25) is 14.4 Å². The number of benzene rings is 2. The van der Waals surface area contributed by atoms with Crippen LogP contribution in [0.2, 0.25) is 0 Å². The molecule has 8 nitrogen and oxygen atoms in total. The van der Waals surface area contributed by atoms with Gasteiger partial charge in [0.1, 0.15) is 23.2 Å². The van der Waals surface area contributed by atoms with Crippen molar-refractivity contribution in [1.29, 1.82) is 0 Å². The van der Waals surface area contributed by atoms with Crippen molar-refractivity contribution in [3.63, 3.8) is 0 Å². The van der Waals surface area contributed by atoms with Crippen molar-refractivity contribution in [3.05, 3.63) is 71.3 Å². The van der Waals surface area contributed by atoms with Gasteiger partial charge in [0.2, 0.25) is 15.9 Å². The minimum Gasteiger partial charge on any atom is -0.285 e. The Morgan fingerprint density at radius 3 is 2.53 bits per heavy atom. The summed E-state index contributed by atoms with van der Waals surface area (Å²) >= 11 is 0.947. The highest BCUT2D eigenvalue weighted by Crippen LogP contribution is 2.34. The van der Waals surface area contributed by atoms with E-state index < -0.39 is 39.4 Å². The van der Waals surface area contributed by atoms with Gasteiger partial charge in [-0.1, -0.05) is 11.3 Å². The molecule has 0 bridgehead atoms. The summed E-state index contributed by atoms with van der Waals surface area (Å²) in [5.74, 6) is -2.73. The van der Waals surface area contributed by atoms with Gasteiger partial charge in [0.25, 0.3) is 0 Å². The van der Waals surface area contributed by atoms with E-state index in [1.165, 1.54) is 4.90 Å². The minimum atomic E-state index is -4.10. The summed E-state index contributed by atoms with van der Waals surface area (Å²) in [7, 11) is -4.10. The number of carbonyl (C=O) groups excluding carboxylic acids is 1. The minimum absolute atomic E-state index is 0.0717. The Labute approximate surface area is 221 Å². The molecule has 13 heteroatoms. The number of carbonyl (C=O) groups is 1. The second-order valence-electron chi connectivity index (χ2n) is 9.10. The standard InChI is InChI=1S/C25H24F3N5O3S2/c1-15-12-16(2)32(30-15)11-10-31(25-29-23-20(28)13-18(27)14-22(23)37-25)24(34)21-4-3-9-33(21)38(35,36)19-7-5-17(26)6-8-19/h5-8,12-14,21H,3-4,9-11H2,1-2H3. The molecule has 0 N–H and O–H groups in total. The third kappa shape index (κ3) is 4.93. The van der Waals surface area contributed by atoms with Gasteiger partial charge in [-0.15, -0.1) is 0 Å². The highest BCUT2D eigenvalue weighted by Gasteiger charge is 2.42. The molecule has 2 aromatic heterocycles. The molecule has 1 unspecified atom stereocenters. The van der Waals surface area contributed by atoms with Gasteiger partial charge in [-0.05, 0) is 63.1 Å². The summed E-state index contributed by atoms with van der Waals surface area (Å²) in [6, 6.07) is 7.14. The average molecular weight is 564 g/mol. The Kier molecular flexibility index (Phi) is 7.01. The number of sulfonamides is 1. The largest absolute Gasteiger partial charge is 0.285 e. The van der Waals surface area contributed by atoms with Crippen molar-refractivity contribution in [3.8, 4) is 0 Å². The summed E-state index contributed by atoms with van der Waals surface area (Å²) in [6.45, 7) is 4.17. The van der Waals surface area contributed by atoms with E-state index in [2.05, 4.69) is 10.1 Å². The van der Waals surface area contributed by atoms with Gasteiger partial charge in [0.15, 0.2) is 10.9 Å². The number of hydrogen-bond donors (Lipinski definition) is 0. The van der Waals surface area contributed by atoms with Crippen LogP contribution in [0.5, 0.6) is 0 Å². The van der Waals surface area contributed by atoms with Crippen LogP contribution >= 0.6 is 11.3 Å². The third-order valence-electron chi connectivity index (χ3n) is 6.45. The van der Waals surface area contributed by atoms with E-state index in [-0.39, 0.29) is 46.3 Å². The van der Waals surface area contributed by atoms with Crippen LogP contribution in [0, 0.1) is 31.3 Å². The quantitative estimate of drug-likeness (QED) is 0.332. The number of fused-ring (bicyclic) bond motifs is 1. The van der Waals surface area contributed by atoms with Gasteiger partial charge in [0.05, 0.1) is 21.8 Å². The lowest BCUT2D eigenvalue weighted by Crippen LogP contribution is -2.48. The van der Waals surface area contributed by atoms with Crippen LogP contribution in [-0.4, -0.2) is 52.5 Å². The van der Waals surface area contributed by atoms with Crippen molar-refractivity contribution < 1.29 is 26.4 Å². The normalized spacial score (nSPS) is 16.4. The van der Waals surface area contributed by atoms with E-state index in [0.717, 1.165) is 63.4 Å². The van der Waals surface area contributed by atoms with Crippen molar-refractivity contribution >= 4 is 42.6 Å². The number of thiazole rings is 1. The molecular formula is C25H24F3N5O3S2. The number of halogens is 3. The van der Waals surface area contributed by atoms with Crippen molar-refractivity contribution in [2.45, 2.75) is 44.2 Å². The summed E-state index contributed by atoms with van der Waals surface area (Å²) in [5, 5.41) is 4.54. The van der Waals surface area contributed by atoms with Crippen LogP contribution in [0.15, 0.2) is 47.4 Å². The second-order valence-corrected chi connectivity index (χ2v) is 12.0. The Morgan fingerprint density at radius 2 is 1.84 bits per heavy atom. The molecule has 38 heavy (non-hydrogen) atoms. The fourth-order valence-electron chi connectivity index (χ4n) is 4.65. The van der Waals surface area contributed by atoms with Gasteiger partial charge in [-0.2, -0.15) is 9.40 Å². The van der Waals surface area contributed by atoms with Gasteiger partial charge in [-0.25, -0.2) is 26.6 Å². The molecule has 1 amide bonds. The number of amides is 1. The highest BCUT2D eigenvalue weighted by atomic mass is 32.2. The van der Waals surface area contributed by atoms with Gasteiger partial charge >= 0.3 is 0 Å². The molecule has 0 spiro atoms. The Hall–Kier alpha value is -3.29. The van der Waals surface area contributed by atoms with E-state index >= 15 is 0 Å². The Bertz CT molecular complexity index is 1620. The second kappa shape index (κ2) is 10.1. The molecule has 0 aliphatic carbocycles. The van der Waals surface area contributed by atoms with E-state index in [9.17, 15) is 26.4 Å². The van der Waals surface area contributed by atoms with Gasteiger partial charge in [0, 0.05) is 24.8 Å². The lowest BCUT2D eigenvalue weighted by molar-refractivity contribution is -0.121. The van der Waals surface area contributed by atoms with Crippen LogP contribution in [-0.2, 0) is 21.4 Å². The zero-order chi connectivity index (χ0) is 27.2. The fraction of sp³-hybridized carbons (Fsp3) is 0.320. The number of rotatable bonds is 7. The maximum absolute atomic E-state index is 14.4. The average Bonchev–Trinajstić information content (AvgIpc) is 3.58. The third-order valence-corrected chi connectivity index (χ3v) is 9.39. The van der Waals surface area contributed by atoms with E-state index in [4.69, 9.17) is 0 Å². The first-order valence-electron chi connectivity index (χ1n) is 11.9. The Balaban J connectivity index is 1.51. The summed E-state index contributed by atoms with van der Waals surface area (Å²) in [6.07, 6.45) is 0.714. The van der Waals surface area contributed by atoms with Crippen LogP contribution in [0.3, 0.4) is 0 Å². The molecule has 2 aromatic carbocycles. The number of nitrogens with zero attached hydrogens (tertiary/aromatic N) is 5. The van der Waals surface area contributed by atoms with Crippen LogP contribution in [0.1, 0.15) is 24.2 Å². The molecule has 3 heterocycles. The number of aromatic nitrogens is 3. The molecule has 1 aliphatic rings. The highest BCUT2D eigenvalue weighted by molar-refractivity contribution is 7.89. The van der Waals surface area contributed by atoms with Gasteiger partial charge < -0.3 is 0 Å². The smallest absolute Gasteiger partial charge is 0.247 e. The van der Waals surface area contributed by atoms with Crippen LogP contribution < -0.4 is 4.90 Å². The first-order valence-corrected chi connectivity index (χ1v) is 14.2. The summed E-state index contributed by atoms with van der Waals surface area (Å²) in [4.78, 5) is 19.4. The molecule has 1 fully saturated rings. The molecule has 200 valence electrons. The molecule has 5 rings (SSSR count). The number of anilines is 1. The predicted octanol–water partition coefficient (Wildman–Crippen LogP) is 4.41. The number of aryl methyl sites for hydroxylation is 2. The molecule has 0 saturated carbocycles. The summed E-state index contributed by atoms with van der Waals surface area (Å²) < 4.78 is 71.5. The first-order chi connectivity index (χ1) is 18.0. The van der Waals surface area contributed by atoms with Crippen LogP contribution in [0.25, 0.3) is 10.2 Å². The zero-order valence-electron chi connectivity index (χ0n) is 20.6. The summed E-state index contributed by atoms with van der Waals surface area (Å²) in [5.41, 5.74) is 1.59. The zero-order valence-corrected chi connectivity index (χ0v) is 22.2. The SMILES string of the molecule is Cc1cc(C)n(CCN(C(=O)C2CCCN2S(=O)(=O)c2ccc(F)cc2)c2nc3c(F)cc(F)cc3s2)n1. The van der Waals surface area contributed by atoms with Crippen LogP contribution in [0.4, 0.5) is 18.3 Å². The molecular weight excluding hydrogens is 539 g/mol. The van der Waals surface area contributed by atoms with E-state index in [1.54, 1.807) is 4.68 Å². The monoisotopic (exact) mass is 563 g/mol. The molecule has 1 atom stereocenters. The number of hydrogen-bond acceptors (Lipinski definition) is 6. The predicted molar refractivity (Wildman–Crippen MR) is 137 cm³/mol. The lowest BCUT2D eigenvalue weighted by Gasteiger charge is -2.28. The van der Waals surface area contributed by atoms with Crippen molar-refractivity contribution in [1.82, 2.24) is 19.1 Å². The molecule has 4 aromatic rings. The molecule has 1 aliphatic heterocycles. The van der Waals surface area contributed by atoms with Crippen molar-refractivity contribution in [2.24, 2.45) is 0 Å². The maximum Gasteiger partial charge on any atom is 0.247 e.